The van der Waals surface area contributed by atoms with E-state index in [1.165, 1.54) is 12.1 Å². The number of nitrogens with one attached hydrogen (secondary N) is 2. The first-order chi connectivity index (χ1) is 16.1. The van der Waals surface area contributed by atoms with Crippen LogP contribution in [0, 0.1) is 5.82 Å². The van der Waals surface area contributed by atoms with Crippen LogP contribution in [0.2, 0.25) is 0 Å². The van der Waals surface area contributed by atoms with Gasteiger partial charge < -0.3 is 20.0 Å². The van der Waals surface area contributed by atoms with Gasteiger partial charge in [0.25, 0.3) is 0 Å². The molecule has 2 heterocycles. The maximum atomic E-state index is 13.2. The first-order valence-electron chi connectivity index (χ1n) is 11.0. The Morgan fingerprint density at radius 1 is 0.879 bits per heavy atom. The molecule has 2 amide bonds. The molecule has 1 aromatic heterocycles. The number of carbonyl (C=O) groups is 2. The topological polar surface area (TPSA) is 77.8 Å². The van der Waals surface area contributed by atoms with E-state index < -0.39 is 11.8 Å². The summed E-state index contributed by atoms with van der Waals surface area (Å²) < 4.78 is 18.8. The molecule has 0 radical (unpaired) electrons. The van der Waals surface area contributed by atoms with Crippen molar-refractivity contribution in [1.29, 1.82) is 0 Å². The molecular weight excluding hydrogens is 423 g/mol. The molecule has 4 rings (SSSR count). The zero-order chi connectivity index (χ0) is 23.0. The van der Waals surface area contributed by atoms with Crippen molar-refractivity contribution in [2.45, 2.75) is 12.6 Å². The predicted octanol–water partition coefficient (Wildman–Crippen LogP) is 2.71. The molecule has 7 nitrogen and oxygen atoms in total. The van der Waals surface area contributed by atoms with Gasteiger partial charge in [-0.15, -0.1) is 0 Å². The van der Waals surface area contributed by atoms with Crippen LogP contribution in [0.4, 0.5) is 10.1 Å². The number of carbonyl (C=O) groups excluding carboxylic acids is 2. The minimum Gasteiger partial charge on any atom is -0.468 e. The van der Waals surface area contributed by atoms with Crippen LogP contribution in [0.3, 0.4) is 0 Å². The lowest BCUT2D eigenvalue weighted by Gasteiger charge is -2.39. The van der Waals surface area contributed by atoms with E-state index >= 15 is 0 Å². The minimum atomic E-state index is -0.674. The number of furan rings is 1. The smallest absolute Gasteiger partial charge is 0.309 e. The SMILES string of the molecule is O=C(NCc1ccccc1)C(=O)NC[C@@H](c1ccco1)N1CCN(c2ccc(F)cc2)CC1. The number of piperazine rings is 1. The number of nitrogens with zero attached hydrogens (tertiary/aromatic N) is 2. The summed E-state index contributed by atoms with van der Waals surface area (Å²) in [6.45, 7) is 3.53. The zero-order valence-electron chi connectivity index (χ0n) is 18.2. The third kappa shape index (κ3) is 5.98. The molecule has 2 aromatic carbocycles. The Labute approximate surface area is 192 Å². The average Bonchev–Trinajstić information content (AvgIpc) is 3.39. The van der Waals surface area contributed by atoms with Crippen LogP contribution in [0.15, 0.2) is 77.4 Å². The highest BCUT2D eigenvalue weighted by atomic mass is 19.1. The molecule has 1 atom stereocenters. The van der Waals surface area contributed by atoms with Gasteiger partial charge in [0.1, 0.15) is 11.6 Å². The Hall–Kier alpha value is -3.65. The Morgan fingerprint density at radius 2 is 1.58 bits per heavy atom. The number of hydrogen-bond acceptors (Lipinski definition) is 5. The third-order valence-corrected chi connectivity index (χ3v) is 5.78. The van der Waals surface area contributed by atoms with Crippen molar-refractivity contribution in [3.05, 3.63) is 90.1 Å². The Balaban J connectivity index is 1.32. The van der Waals surface area contributed by atoms with Gasteiger partial charge in [0.15, 0.2) is 0 Å². The van der Waals surface area contributed by atoms with Gasteiger partial charge in [-0.3, -0.25) is 14.5 Å². The van der Waals surface area contributed by atoms with E-state index in [1.54, 1.807) is 18.4 Å². The van der Waals surface area contributed by atoms with Crippen molar-refractivity contribution in [1.82, 2.24) is 15.5 Å². The number of rotatable bonds is 7. The van der Waals surface area contributed by atoms with Crippen LogP contribution in [0.5, 0.6) is 0 Å². The summed E-state index contributed by atoms with van der Waals surface area (Å²) in [5.74, 6) is -0.861. The second-order valence-electron chi connectivity index (χ2n) is 7.91. The maximum absolute atomic E-state index is 13.2. The van der Waals surface area contributed by atoms with Crippen molar-refractivity contribution in [3.63, 3.8) is 0 Å². The van der Waals surface area contributed by atoms with Gasteiger partial charge in [0.2, 0.25) is 0 Å². The molecule has 3 aromatic rings. The van der Waals surface area contributed by atoms with Crippen LogP contribution in [-0.2, 0) is 16.1 Å². The fraction of sp³-hybridized carbons (Fsp3) is 0.280. The van der Waals surface area contributed by atoms with Gasteiger partial charge in [0.05, 0.1) is 12.3 Å². The molecule has 0 unspecified atom stereocenters. The predicted molar refractivity (Wildman–Crippen MR) is 123 cm³/mol. The van der Waals surface area contributed by atoms with Gasteiger partial charge in [0, 0.05) is 45.0 Å². The fourth-order valence-corrected chi connectivity index (χ4v) is 3.96. The molecule has 1 saturated heterocycles. The van der Waals surface area contributed by atoms with Crippen molar-refractivity contribution >= 4 is 17.5 Å². The van der Waals surface area contributed by atoms with Crippen LogP contribution in [0.25, 0.3) is 0 Å². The van der Waals surface area contributed by atoms with Gasteiger partial charge in [-0.1, -0.05) is 30.3 Å². The highest BCUT2D eigenvalue weighted by Crippen LogP contribution is 2.24. The largest absolute Gasteiger partial charge is 0.468 e. The summed E-state index contributed by atoms with van der Waals surface area (Å²) in [6, 6.07) is 19.4. The van der Waals surface area contributed by atoms with Gasteiger partial charge in [-0.25, -0.2) is 4.39 Å². The van der Waals surface area contributed by atoms with E-state index in [2.05, 4.69) is 20.4 Å². The number of benzene rings is 2. The normalized spacial score (nSPS) is 15.1. The molecule has 0 bridgehead atoms. The second kappa shape index (κ2) is 10.8. The van der Waals surface area contributed by atoms with Gasteiger partial charge >= 0.3 is 11.8 Å². The monoisotopic (exact) mass is 450 g/mol. The van der Waals surface area contributed by atoms with Crippen LogP contribution >= 0.6 is 0 Å². The Morgan fingerprint density at radius 3 is 2.24 bits per heavy atom. The fourth-order valence-electron chi connectivity index (χ4n) is 3.96. The summed E-state index contributed by atoms with van der Waals surface area (Å²) >= 11 is 0. The van der Waals surface area contributed by atoms with E-state index in [4.69, 9.17) is 4.42 Å². The quantitative estimate of drug-likeness (QED) is 0.542. The molecule has 172 valence electrons. The van der Waals surface area contributed by atoms with E-state index in [1.807, 2.05) is 42.5 Å². The lowest BCUT2D eigenvalue weighted by atomic mass is 10.1. The summed E-state index contributed by atoms with van der Waals surface area (Å²) in [4.78, 5) is 29.0. The van der Waals surface area contributed by atoms with E-state index in [9.17, 15) is 14.0 Å². The molecule has 0 aliphatic carbocycles. The standard InChI is InChI=1S/C25H27FN4O3/c26-20-8-10-21(11-9-20)29-12-14-30(15-13-29)22(23-7-4-16-33-23)18-28-25(32)24(31)27-17-19-5-2-1-3-6-19/h1-11,16,22H,12-15,17-18H2,(H,27,31)(H,28,32)/t22-/m0/s1. The first-order valence-corrected chi connectivity index (χ1v) is 11.0. The Bertz CT molecular complexity index is 1030. The number of amides is 2. The summed E-state index contributed by atoms with van der Waals surface area (Å²) in [7, 11) is 0. The molecule has 2 N–H and O–H groups in total. The van der Waals surface area contributed by atoms with Crippen molar-refractivity contribution in [2.24, 2.45) is 0 Å². The number of anilines is 1. The molecule has 0 saturated carbocycles. The lowest BCUT2D eigenvalue weighted by molar-refractivity contribution is -0.139. The molecule has 1 aliphatic rings. The first kappa shape index (κ1) is 22.5. The summed E-state index contributed by atoms with van der Waals surface area (Å²) in [5.41, 5.74) is 1.90. The van der Waals surface area contributed by atoms with Gasteiger partial charge in [-0.2, -0.15) is 0 Å². The van der Waals surface area contributed by atoms with Gasteiger partial charge in [-0.05, 0) is 42.0 Å². The van der Waals surface area contributed by atoms with E-state index in [-0.39, 0.29) is 18.4 Å². The third-order valence-electron chi connectivity index (χ3n) is 5.78. The van der Waals surface area contributed by atoms with Crippen LogP contribution in [-0.4, -0.2) is 49.4 Å². The highest BCUT2D eigenvalue weighted by molar-refractivity contribution is 6.35. The molecule has 1 aliphatic heterocycles. The van der Waals surface area contributed by atoms with Crippen molar-refractivity contribution in [3.8, 4) is 0 Å². The summed E-state index contributed by atoms with van der Waals surface area (Å²) in [6.07, 6.45) is 1.60. The molecular formula is C25H27FN4O3. The minimum absolute atomic E-state index is 0.193. The molecule has 8 heteroatoms. The van der Waals surface area contributed by atoms with Crippen LogP contribution < -0.4 is 15.5 Å². The van der Waals surface area contributed by atoms with E-state index in [0.717, 1.165) is 43.2 Å². The van der Waals surface area contributed by atoms with Crippen molar-refractivity contribution < 1.29 is 18.4 Å². The lowest BCUT2D eigenvalue weighted by Crippen LogP contribution is -2.50. The van der Waals surface area contributed by atoms with Crippen molar-refractivity contribution in [2.75, 3.05) is 37.6 Å². The second-order valence-corrected chi connectivity index (χ2v) is 7.91. The summed E-state index contributed by atoms with van der Waals surface area (Å²) in [5, 5.41) is 5.39. The molecule has 1 fully saturated rings. The van der Waals surface area contributed by atoms with Crippen LogP contribution in [0.1, 0.15) is 17.4 Å². The van der Waals surface area contributed by atoms with E-state index in [0.29, 0.717) is 6.54 Å². The zero-order valence-corrected chi connectivity index (χ0v) is 18.2. The molecule has 0 spiro atoms. The Kier molecular flexibility index (Phi) is 7.36. The highest BCUT2D eigenvalue weighted by Gasteiger charge is 2.28. The number of hydrogen-bond donors (Lipinski definition) is 2. The number of halogens is 1. The molecule has 33 heavy (non-hydrogen) atoms. The average molecular weight is 451 g/mol. The maximum Gasteiger partial charge on any atom is 0.309 e.